The third kappa shape index (κ3) is 4.28. The van der Waals surface area contributed by atoms with E-state index in [4.69, 9.17) is 5.11 Å². The summed E-state index contributed by atoms with van der Waals surface area (Å²) in [6, 6.07) is 2.85. The van der Waals surface area contributed by atoms with Crippen LogP contribution in [-0.2, 0) is 0 Å². The molecule has 0 aliphatic heterocycles. The Kier molecular flexibility index (Phi) is 5.31. The number of amides is 1. The highest BCUT2D eigenvalue weighted by Crippen LogP contribution is 2.30. The molecule has 1 aliphatic rings. The van der Waals surface area contributed by atoms with Crippen molar-refractivity contribution in [2.24, 2.45) is 11.8 Å². The van der Waals surface area contributed by atoms with Gasteiger partial charge in [0.25, 0.3) is 5.91 Å². The van der Waals surface area contributed by atoms with Crippen LogP contribution >= 0.6 is 0 Å². The Morgan fingerprint density at radius 3 is 2.43 bits per heavy atom. The van der Waals surface area contributed by atoms with Crippen LogP contribution < -0.4 is 5.32 Å². The second-order valence-electron chi connectivity index (χ2n) is 5.74. The molecule has 0 radical (unpaired) electrons. The van der Waals surface area contributed by atoms with E-state index < -0.39 is 5.97 Å². The second kappa shape index (κ2) is 7.20. The van der Waals surface area contributed by atoms with E-state index in [9.17, 15) is 9.59 Å². The summed E-state index contributed by atoms with van der Waals surface area (Å²) in [4.78, 5) is 26.4. The summed E-state index contributed by atoms with van der Waals surface area (Å²) in [6.07, 6.45) is 7.43. The van der Waals surface area contributed by atoms with Crippen LogP contribution in [0.2, 0.25) is 0 Å². The predicted molar refractivity (Wildman–Crippen MR) is 79.3 cm³/mol. The van der Waals surface area contributed by atoms with Crippen LogP contribution in [0.25, 0.3) is 0 Å². The maximum absolute atomic E-state index is 12.0. The number of carbonyl (C=O) groups is 2. The lowest BCUT2D eigenvalue weighted by Gasteiger charge is -2.27. The standard InChI is InChI=1S/C16H22N2O3/c1-2-11-3-5-12(6-4-11)9-18-15(19)13-7-8-14(16(20)21)17-10-13/h7-8,10-12H,2-6,9H2,1H3,(H,18,19)(H,20,21). The van der Waals surface area contributed by atoms with Crippen LogP contribution in [-0.4, -0.2) is 28.5 Å². The summed E-state index contributed by atoms with van der Waals surface area (Å²) in [5, 5.41) is 11.7. The second-order valence-corrected chi connectivity index (χ2v) is 5.74. The van der Waals surface area contributed by atoms with Crippen molar-refractivity contribution in [3.8, 4) is 0 Å². The molecule has 1 aliphatic carbocycles. The van der Waals surface area contributed by atoms with Gasteiger partial charge >= 0.3 is 5.97 Å². The Morgan fingerprint density at radius 1 is 1.24 bits per heavy atom. The largest absolute Gasteiger partial charge is 0.477 e. The van der Waals surface area contributed by atoms with Gasteiger partial charge in [0.15, 0.2) is 0 Å². The topological polar surface area (TPSA) is 79.3 Å². The number of aromatic carboxylic acids is 1. The molecule has 1 aromatic rings. The minimum absolute atomic E-state index is 0.0514. The number of rotatable bonds is 5. The lowest BCUT2D eigenvalue weighted by molar-refractivity contribution is 0.0689. The summed E-state index contributed by atoms with van der Waals surface area (Å²) in [5.74, 6) is 0.138. The summed E-state index contributed by atoms with van der Waals surface area (Å²) in [5.41, 5.74) is 0.353. The molecule has 1 amide bonds. The number of carboxylic acid groups (broad SMARTS) is 1. The molecule has 2 N–H and O–H groups in total. The van der Waals surface area contributed by atoms with E-state index in [-0.39, 0.29) is 11.6 Å². The fourth-order valence-corrected chi connectivity index (χ4v) is 2.84. The molecular weight excluding hydrogens is 268 g/mol. The van der Waals surface area contributed by atoms with Gasteiger partial charge < -0.3 is 10.4 Å². The van der Waals surface area contributed by atoms with Crippen LogP contribution in [0.4, 0.5) is 0 Å². The first-order chi connectivity index (χ1) is 10.1. The average molecular weight is 290 g/mol. The minimum atomic E-state index is -1.09. The van der Waals surface area contributed by atoms with Crippen molar-refractivity contribution in [3.63, 3.8) is 0 Å². The Morgan fingerprint density at radius 2 is 1.90 bits per heavy atom. The molecule has 5 nitrogen and oxygen atoms in total. The van der Waals surface area contributed by atoms with Crippen LogP contribution in [0, 0.1) is 11.8 Å². The maximum atomic E-state index is 12.0. The Hall–Kier alpha value is -1.91. The zero-order valence-corrected chi connectivity index (χ0v) is 12.3. The summed E-state index contributed by atoms with van der Waals surface area (Å²) >= 11 is 0. The lowest BCUT2D eigenvalue weighted by atomic mass is 9.81. The molecule has 1 saturated carbocycles. The molecule has 0 atom stereocenters. The normalized spacial score (nSPS) is 21.8. The number of carboxylic acids is 1. The van der Waals surface area contributed by atoms with Gasteiger partial charge in [-0.05, 0) is 36.8 Å². The number of nitrogens with one attached hydrogen (secondary N) is 1. The van der Waals surface area contributed by atoms with Gasteiger partial charge in [-0.25, -0.2) is 9.78 Å². The number of nitrogens with zero attached hydrogens (tertiary/aromatic N) is 1. The van der Waals surface area contributed by atoms with Crippen molar-refractivity contribution < 1.29 is 14.7 Å². The Balaban J connectivity index is 1.80. The van der Waals surface area contributed by atoms with Crippen molar-refractivity contribution >= 4 is 11.9 Å². The number of carbonyl (C=O) groups excluding carboxylic acids is 1. The quantitative estimate of drug-likeness (QED) is 0.874. The number of hydrogen-bond donors (Lipinski definition) is 2. The van der Waals surface area contributed by atoms with E-state index in [1.165, 1.54) is 50.4 Å². The minimum Gasteiger partial charge on any atom is -0.477 e. The van der Waals surface area contributed by atoms with E-state index in [1.807, 2.05) is 0 Å². The SMILES string of the molecule is CCC1CCC(CNC(=O)c2ccc(C(=O)O)nc2)CC1. The van der Waals surface area contributed by atoms with Crippen molar-refractivity contribution in [1.82, 2.24) is 10.3 Å². The van der Waals surface area contributed by atoms with E-state index in [0.717, 1.165) is 5.92 Å². The van der Waals surface area contributed by atoms with Crippen LogP contribution in [0.1, 0.15) is 59.9 Å². The molecule has 0 spiro atoms. The third-order valence-electron chi connectivity index (χ3n) is 4.34. The molecule has 0 unspecified atom stereocenters. The maximum Gasteiger partial charge on any atom is 0.354 e. The highest BCUT2D eigenvalue weighted by atomic mass is 16.4. The smallest absolute Gasteiger partial charge is 0.354 e. The molecule has 114 valence electrons. The molecule has 0 saturated heterocycles. The number of hydrogen-bond acceptors (Lipinski definition) is 3. The first-order valence-corrected chi connectivity index (χ1v) is 7.57. The van der Waals surface area contributed by atoms with Gasteiger partial charge in [-0.1, -0.05) is 26.2 Å². The van der Waals surface area contributed by atoms with Crippen molar-refractivity contribution in [2.75, 3.05) is 6.54 Å². The Labute approximate surface area is 124 Å². The molecule has 0 bridgehead atoms. The van der Waals surface area contributed by atoms with Crippen molar-refractivity contribution in [1.29, 1.82) is 0 Å². The van der Waals surface area contributed by atoms with Crippen molar-refractivity contribution in [3.05, 3.63) is 29.6 Å². The highest BCUT2D eigenvalue weighted by Gasteiger charge is 2.20. The van der Waals surface area contributed by atoms with Crippen LogP contribution in [0.5, 0.6) is 0 Å². The van der Waals surface area contributed by atoms with Gasteiger partial charge in [-0.15, -0.1) is 0 Å². The van der Waals surface area contributed by atoms with Gasteiger partial charge in [0.2, 0.25) is 0 Å². The van der Waals surface area contributed by atoms with Crippen LogP contribution in [0.15, 0.2) is 18.3 Å². The number of aromatic nitrogens is 1. The lowest BCUT2D eigenvalue weighted by Crippen LogP contribution is -2.31. The molecule has 1 heterocycles. The molecule has 2 rings (SSSR count). The van der Waals surface area contributed by atoms with Gasteiger partial charge in [0, 0.05) is 12.7 Å². The molecule has 5 heteroatoms. The van der Waals surface area contributed by atoms with E-state index in [1.54, 1.807) is 0 Å². The molecule has 1 aromatic heterocycles. The summed E-state index contributed by atoms with van der Waals surface area (Å²) in [6.45, 7) is 2.93. The third-order valence-corrected chi connectivity index (χ3v) is 4.34. The number of pyridine rings is 1. The molecular formula is C16H22N2O3. The van der Waals surface area contributed by atoms with Crippen LogP contribution in [0.3, 0.4) is 0 Å². The summed E-state index contributed by atoms with van der Waals surface area (Å²) < 4.78 is 0. The Bertz CT molecular complexity index is 491. The highest BCUT2D eigenvalue weighted by molar-refractivity contribution is 5.94. The van der Waals surface area contributed by atoms with Gasteiger partial charge in [-0.3, -0.25) is 4.79 Å². The first-order valence-electron chi connectivity index (χ1n) is 7.57. The predicted octanol–water partition coefficient (Wildman–Crippen LogP) is 2.73. The molecule has 0 aromatic carbocycles. The zero-order chi connectivity index (χ0) is 15.2. The zero-order valence-electron chi connectivity index (χ0n) is 12.3. The van der Waals surface area contributed by atoms with Crippen molar-refractivity contribution in [2.45, 2.75) is 39.0 Å². The molecule has 1 fully saturated rings. The van der Waals surface area contributed by atoms with Gasteiger partial charge in [-0.2, -0.15) is 0 Å². The average Bonchev–Trinajstić information content (AvgIpc) is 2.53. The van der Waals surface area contributed by atoms with Gasteiger partial charge in [0.05, 0.1) is 5.56 Å². The molecule has 21 heavy (non-hydrogen) atoms. The first kappa shape index (κ1) is 15.5. The van der Waals surface area contributed by atoms with E-state index in [2.05, 4.69) is 17.2 Å². The fourth-order valence-electron chi connectivity index (χ4n) is 2.84. The summed E-state index contributed by atoms with van der Waals surface area (Å²) in [7, 11) is 0. The van der Waals surface area contributed by atoms with E-state index in [0.29, 0.717) is 18.0 Å². The van der Waals surface area contributed by atoms with E-state index >= 15 is 0 Å². The fraction of sp³-hybridized carbons (Fsp3) is 0.562. The van der Waals surface area contributed by atoms with Gasteiger partial charge in [0.1, 0.15) is 5.69 Å². The monoisotopic (exact) mass is 290 g/mol.